The molecule has 1 unspecified atom stereocenters. The molecule has 0 saturated carbocycles. The van der Waals surface area contributed by atoms with Crippen molar-refractivity contribution in [1.29, 1.82) is 0 Å². The number of primary amides is 3. The summed E-state index contributed by atoms with van der Waals surface area (Å²) in [4.78, 5) is 123. The summed E-state index contributed by atoms with van der Waals surface area (Å²) in [5.41, 5.74) is 20.5. The quantitative estimate of drug-likeness (QED) is 0.0317. The molecular formula is C62H90N13O14P. The summed E-state index contributed by atoms with van der Waals surface area (Å²) in [5.74, 6) is -4.40. The lowest BCUT2D eigenvalue weighted by Crippen LogP contribution is -2.59. The minimum absolute atomic E-state index is 0.00697. The number of aliphatic imine (C=N–C) groups is 3. The molecular weight excluding hydrogens is 1180 g/mol. The first-order valence-corrected chi connectivity index (χ1v) is 32.2. The number of phosphoric ester groups is 1. The van der Waals surface area contributed by atoms with Crippen molar-refractivity contribution in [3.8, 4) is 0 Å². The van der Waals surface area contributed by atoms with Gasteiger partial charge in [0.2, 0.25) is 42.9 Å². The number of amides is 7. The molecule has 0 spiro atoms. The summed E-state index contributed by atoms with van der Waals surface area (Å²) in [6.07, 6.45) is -0.931. The van der Waals surface area contributed by atoms with Crippen LogP contribution in [0.25, 0.3) is 11.0 Å². The molecule has 1 aromatic carbocycles. The molecule has 90 heavy (non-hydrogen) atoms. The lowest BCUT2D eigenvalue weighted by Gasteiger charge is -2.48. The van der Waals surface area contributed by atoms with E-state index in [0.717, 1.165) is 11.1 Å². The minimum atomic E-state index is -5.04. The molecule has 2 fully saturated rings. The summed E-state index contributed by atoms with van der Waals surface area (Å²) in [5, 5.41) is 37.0. The maximum absolute atomic E-state index is 14.4. The third-order valence-corrected chi connectivity index (χ3v) is 21.7. The number of carbonyl (C=O) groups is 7. The number of aliphatic hydroxyl groups excluding tert-OH is 2. The highest BCUT2D eigenvalue weighted by molar-refractivity contribution is 7.47. The first-order chi connectivity index (χ1) is 42.3. The Morgan fingerprint density at radius 2 is 1.52 bits per heavy atom. The van der Waals surface area contributed by atoms with Gasteiger partial charge >= 0.3 is 7.82 Å². The zero-order valence-electron chi connectivity index (χ0n) is 53.3. The fourth-order valence-electron chi connectivity index (χ4n) is 15.3. The Hall–Kier alpha value is -7.00. The highest BCUT2D eigenvalue weighted by Crippen LogP contribution is 2.61. The van der Waals surface area contributed by atoms with Crippen LogP contribution in [0.1, 0.15) is 131 Å². The van der Waals surface area contributed by atoms with Crippen molar-refractivity contribution in [2.24, 2.45) is 77.5 Å². The molecule has 28 heteroatoms. The number of rotatable bonds is 29. The second kappa shape index (κ2) is 26.7. The van der Waals surface area contributed by atoms with E-state index >= 15 is 0 Å². The molecule has 15 atom stereocenters. The molecule has 6 aliphatic heterocycles. The summed E-state index contributed by atoms with van der Waals surface area (Å²) in [7, 11) is -5.04. The van der Waals surface area contributed by atoms with E-state index in [2.05, 4.69) is 31.6 Å². The maximum atomic E-state index is 14.4. The van der Waals surface area contributed by atoms with Crippen LogP contribution in [0, 0.1) is 59.2 Å². The van der Waals surface area contributed by atoms with E-state index in [0.29, 0.717) is 82.1 Å². The summed E-state index contributed by atoms with van der Waals surface area (Å²) in [6, 6.07) is 2.91. The Kier molecular flexibility index (Phi) is 20.4. The molecule has 1 aromatic heterocycles. The van der Waals surface area contributed by atoms with E-state index in [4.69, 9.17) is 46.0 Å². The number of imidazole rings is 1. The Labute approximate surface area is 524 Å². The molecule has 0 radical (unpaired) electrons. The number of nitrogens with zero attached hydrogens (tertiary/aromatic N) is 5. The van der Waals surface area contributed by atoms with Gasteiger partial charge < -0.3 is 68.2 Å². The van der Waals surface area contributed by atoms with Crippen LogP contribution in [0.15, 0.2) is 67.8 Å². The highest BCUT2D eigenvalue weighted by atomic mass is 31.2. The Morgan fingerprint density at radius 3 is 2.16 bits per heavy atom. The SMILES string of the molecule is CC1=C2N=C(C=C3N/C(=C(/C)C4=N[C@@](C)([C@@H]5N=C1[C@](C)(CCC(=O)NC[C@@H](C)OP(=O)(O)O[C@H]1[C@@H](O)[C@@H](n6cnc7cc(C)c(C)cc76)O[C@@H]1CO)[C@H]5CNC=O)[C@@](C)(CNC=O)[C@@H]4CCNC=O)[C@@](C)(CC(N)=O)[C@@H]3CCC(N)=O)C(C)(C)[C@@H]2CCC(N)=O. The van der Waals surface area contributed by atoms with Gasteiger partial charge in [-0.1, -0.05) is 34.6 Å². The number of aliphatic hydroxyl groups is 2. The van der Waals surface area contributed by atoms with Crippen LogP contribution >= 0.6 is 7.82 Å². The number of hydrogen-bond acceptors (Lipinski definition) is 18. The first kappa shape index (κ1) is 68.9. The Morgan fingerprint density at radius 1 is 0.867 bits per heavy atom. The van der Waals surface area contributed by atoms with Crippen molar-refractivity contribution in [2.45, 2.75) is 170 Å². The fraction of sp³-hybridized carbons (Fsp3) is 0.629. The van der Waals surface area contributed by atoms with Crippen molar-refractivity contribution in [3.05, 3.63) is 63.9 Å². The topological polar surface area (TPSA) is 418 Å². The summed E-state index contributed by atoms with van der Waals surface area (Å²) < 4.78 is 32.3. The van der Waals surface area contributed by atoms with Gasteiger partial charge in [-0.15, -0.1) is 0 Å². The normalized spacial score (nSPS) is 32.7. The van der Waals surface area contributed by atoms with Crippen molar-refractivity contribution in [1.82, 2.24) is 36.1 Å². The fourth-order valence-corrected chi connectivity index (χ4v) is 16.4. The van der Waals surface area contributed by atoms with Gasteiger partial charge in [-0.05, 0) is 108 Å². The number of allylic oxidation sites excluding steroid dienone is 6. The Balaban J connectivity index is 1.19. The number of nitrogens with one attached hydrogen (secondary N) is 5. The van der Waals surface area contributed by atoms with Crippen LogP contribution in [0.2, 0.25) is 0 Å². The number of phosphoric acid groups is 1. The molecule has 0 aliphatic carbocycles. The van der Waals surface area contributed by atoms with Crippen molar-refractivity contribution in [3.63, 3.8) is 0 Å². The van der Waals surface area contributed by atoms with E-state index in [1.54, 1.807) is 4.57 Å². The van der Waals surface area contributed by atoms with Crippen molar-refractivity contribution in [2.75, 3.05) is 32.8 Å². The average Bonchev–Trinajstić information content (AvgIpc) is 1.53. The second-order valence-corrected chi connectivity index (χ2v) is 28.0. The molecule has 492 valence electrons. The van der Waals surface area contributed by atoms with Gasteiger partial charge in [0, 0.05) is 131 Å². The smallest absolute Gasteiger partial charge is 0.394 e. The van der Waals surface area contributed by atoms with Crippen LogP contribution in [-0.2, 0) is 51.9 Å². The largest absolute Gasteiger partial charge is 0.472 e. The van der Waals surface area contributed by atoms with E-state index < -0.39 is 126 Å². The van der Waals surface area contributed by atoms with E-state index in [-0.39, 0.29) is 71.1 Å². The van der Waals surface area contributed by atoms with Gasteiger partial charge in [-0.3, -0.25) is 57.6 Å². The minimum Gasteiger partial charge on any atom is -0.394 e. The third kappa shape index (κ3) is 13.0. The van der Waals surface area contributed by atoms with Crippen LogP contribution in [0.4, 0.5) is 0 Å². The van der Waals surface area contributed by atoms with E-state index in [1.807, 2.05) is 87.4 Å². The molecule has 6 aliphatic rings. The van der Waals surface area contributed by atoms with Crippen LogP contribution in [-0.4, -0.2) is 153 Å². The first-order valence-electron chi connectivity index (χ1n) is 30.7. The number of aromatic nitrogens is 2. The predicted octanol–water partition coefficient (Wildman–Crippen LogP) is 2.78. The van der Waals surface area contributed by atoms with E-state index in [9.17, 15) is 53.2 Å². The number of nitrogens with two attached hydrogens (primary N) is 3. The summed E-state index contributed by atoms with van der Waals surface area (Å²) in [6.45, 7) is 20.2. The van der Waals surface area contributed by atoms with Gasteiger partial charge in [-0.25, -0.2) is 9.55 Å². The number of hydrogen-bond donors (Lipinski definition) is 11. The molecule has 2 aromatic rings. The molecule has 7 amide bonds. The monoisotopic (exact) mass is 1270 g/mol. The van der Waals surface area contributed by atoms with Gasteiger partial charge in [0.05, 0.1) is 41.7 Å². The lowest BCUT2D eigenvalue weighted by molar-refractivity contribution is -0.122. The number of aryl methyl sites for hydroxylation is 2. The summed E-state index contributed by atoms with van der Waals surface area (Å²) >= 11 is 0. The third-order valence-electron chi connectivity index (χ3n) is 20.6. The van der Waals surface area contributed by atoms with Crippen LogP contribution in [0.3, 0.4) is 0 Å². The van der Waals surface area contributed by atoms with Gasteiger partial charge in [0.25, 0.3) is 0 Å². The van der Waals surface area contributed by atoms with E-state index in [1.165, 1.54) is 13.3 Å². The van der Waals surface area contributed by atoms with Gasteiger partial charge in [-0.2, -0.15) is 0 Å². The standard InChI is InChI=1S/C62H90N13O14P/c1-32-20-42-43(21-33(32)2)75(28-70-42)57-52(84)53(44(26-76)87-57)89-90(85,86)88-34(3)24-69-49(83)16-18-59(8)40(25-67-30-78)56-62(11)61(10,27-68-31-79)39(17-19-66-29-77)51(74-62)36(5)55-60(9,23-48(65)82)37(12-14-46(63)80)41(71-55)22-45-58(6,7)38(13-15-47(64)81)50(72-45)35(4)54(59)73-56/h20-22,28-31,34,37-40,44,52-53,56-57,71,76,84H,12-19,23-27H2,1-11H3,(H2,63,80)(H2,64,81)(H2,65,82)(H,66,77)(H,67,78)(H,68,79)(H,69,83)(H,85,86)/b41-22?,50-35?,55-36-/t34-,37-,38-,39-,40+,44-,52-,53-,56-,57+,59-,60+,61+,62+/m1/s1. The molecule has 8 bridgehead atoms. The molecule has 7 heterocycles. The van der Waals surface area contributed by atoms with Crippen LogP contribution in [0.5, 0.6) is 0 Å². The molecule has 2 saturated heterocycles. The highest BCUT2D eigenvalue weighted by Gasteiger charge is 2.66. The maximum Gasteiger partial charge on any atom is 0.472 e. The predicted molar refractivity (Wildman–Crippen MR) is 334 cm³/mol. The van der Waals surface area contributed by atoms with Crippen molar-refractivity contribution >= 4 is 78.9 Å². The molecule has 14 N–H and O–H groups in total. The zero-order valence-corrected chi connectivity index (χ0v) is 54.1. The number of ether oxygens (including phenoxy) is 1. The molecule has 8 rings (SSSR count). The lowest BCUT2D eigenvalue weighted by atomic mass is 9.57. The average molecular weight is 1270 g/mol. The van der Waals surface area contributed by atoms with Gasteiger partial charge in [0.1, 0.15) is 18.3 Å². The number of carbonyl (C=O) groups excluding carboxylic acids is 7. The number of fused-ring (bicyclic) bond motifs is 7. The number of benzene rings is 1. The van der Waals surface area contributed by atoms with Crippen LogP contribution < -0.4 is 43.8 Å². The molecule has 27 nitrogen and oxygen atoms in total. The zero-order chi connectivity index (χ0) is 66.2. The Bertz CT molecular complexity index is 3430. The van der Waals surface area contributed by atoms with Crippen molar-refractivity contribution < 1.29 is 67.0 Å². The second-order valence-electron chi connectivity index (χ2n) is 26.6. The van der Waals surface area contributed by atoms with Gasteiger partial charge in [0.15, 0.2) is 6.23 Å².